The smallest absolute Gasteiger partial charge is 0.253 e. The van der Waals surface area contributed by atoms with Crippen LogP contribution < -0.4 is 5.32 Å². The molecule has 0 aliphatic carbocycles. The Balaban J connectivity index is 1.83. The van der Waals surface area contributed by atoms with Crippen LogP contribution in [0, 0.1) is 0 Å². The third kappa shape index (κ3) is 3.18. The van der Waals surface area contributed by atoms with Gasteiger partial charge >= 0.3 is 0 Å². The van der Waals surface area contributed by atoms with E-state index < -0.39 is 0 Å². The van der Waals surface area contributed by atoms with Crippen molar-refractivity contribution in [1.29, 1.82) is 0 Å². The van der Waals surface area contributed by atoms with Gasteiger partial charge in [0.05, 0.1) is 11.3 Å². The summed E-state index contributed by atoms with van der Waals surface area (Å²) in [5.41, 5.74) is 2.33. The van der Waals surface area contributed by atoms with Crippen LogP contribution in [0.5, 0.6) is 0 Å². The minimum atomic E-state index is -0.142. The number of amides is 1. The molecule has 0 atom stereocenters. The molecular weight excluding hydrogens is 298 g/mol. The highest BCUT2D eigenvalue weighted by Crippen LogP contribution is 2.20. The van der Waals surface area contributed by atoms with E-state index >= 15 is 0 Å². The Bertz CT molecular complexity index is 770. The lowest BCUT2D eigenvalue weighted by Gasteiger charge is -2.12. The number of hydrogen-bond acceptors (Lipinski definition) is 2. The van der Waals surface area contributed by atoms with Gasteiger partial charge in [-0.2, -0.15) is 0 Å². The average molecular weight is 312 g/mol. The number of rotatable bonds is 4. The SMILES string of the molecule is O=C(NCc1ccncc1)c1ccc(Cl)cc1-n1cccc1. The lowest BCUT2D eigenvalue weighted by molar-refractivity contribution is 0.0951. The quantitative estimate of drug-likeness (QED) is 0.802. The largest absolute Gasteiger partial charge is 0.348 e. The summed E-state index contributed by atoms with van der Waals surface area (Å²) in [6.45, 7) is 0.453. The molecule has 22 heavy (non-hydrogen) atoms. The number of benzene rings is 1. The fourth-order valence-corrected chi connectivity index (χ4v) is 2.35. The maximum absolute atomic E-state index is 12.5. The van der Waals surface area contributed by atoms with E-state index in [1.807, 2.05) is 41.2 Å². The van der Waals surface area contributed by atoms with Crippen molar-refractivity contribution in [3.05, 3.63) is 83.4 Å². The van der Waals surface area contributed by atoms with E-state index in [2.05, 4.69) is 10.3 Å². The van der Waals surface area contributed by atoms with Crippen molar-refractivity contribution < 1.29 is 4.79 Å². The fraction of sp³-hybridized carbons (Fsp3) is 0.0588. The van der Waals surface area contributed by atoms with Gasteiger partial charge in [-0.05, 0) is 48.0 Å². The number of nitrogens with one attached hydrogen (secondary N) is 1. The van der Waals surface area contributed by atoms with Gasteiger partial charge in [0.2, 0.25) is 0 Å². The van der Waals surface area contributed by atoms with Gasteiger partial charge in [-0.1, -0.05) is 11.6 Å². The van der Waals surface area contributed by atoms with Crippen molar-refractivity contribution in [2.75, 3.05) is 0 Å². The van der Waals surface area contributed by atoms with Crippen LogP contribution in [0.3, 0.4) is 0 Å². The van der Waals surface area contributed by atoms with Crippen molar-refractivity contribution in [3.8, 4) is 5.69 Å². The lowest BCUT2D eigenvalue weighted by Crippen LogP contribution is -2.24. The first-order valence-electron chi connectivity index (χ1n) is 6.84. The zero-order chi connectivity index (χ0) is 15.4. The van der Waals surface area contributed by atoms with Gasteiger partial charge in [0, 0.05) is 36.4 Å². The molecule has 0 spiro atoms. The van der Waals surface area contributed by atoms with E-state index in [-0.39, 0.29) is 5.91 Å². The van der Waals surface area contributed by atoms with Gasteiger partial charge in [0.25, 0.3) is 5.91 Å². The van der Waals surface area contributed by atoms with Gasteiger partial charge in [-0.25, -0.2) is 0 Å². The van der Waals surface area contributed by atoms with Gasteiger partial charge in [-0.3, -0.25) is 9.78 Å². The molecule has 3 aromatic rings. The molecule has 2 heterocycles. The minimum absolute atomic E-state index is 0.142. The van der Waals surface area contributed by atoms with Crippen LogP contribution >= 0.6 is 11.6 Å². The van der Waals surface area contributed by atoms with Crippen molar-refractivity contribution in [3.63, 3.8) is 0 Å². The van der Waals surface area contributed by atoms with Crippen molar-refractivity contribution >= 4 is 17.5 Å². The molecule has 0 aliphatic rings. The Morgan fingerprint density at radius 3 is 2.59 bits per heavy atom. The van der Waals surface area contributed by atoms with Crippen molar-refractivity contribution in [1.82, 2.24) is 14.9 Å². The van der Waals surface area contributed by atoms with Crippen LogP contribution in [0.1, 0.15) is 15.9 Å². The molecule has 2 aromatic heterocycles. The minimum Gasteiger partial charge on any atom is -0.348 e. The molecule has 0 radical (unpaired) electrons. The summed E-state index contributed by atoms with van der Waals surface area (Å²) >= 11 is 6.06. The van der Waals surface area contributed by atoms with E-state index in [0.717, 1.165) is 11.3 Å². The predicted octanol–water partition coefficient (Wildman–Crippen LogP) is 3.46. The van der Waals surface area contributed by atoms with Gasteiger partial charge in [0.15, 0.2) is 0 Å². The maximum Gasteiger partial charge on any atom is 0.253 e. The van der Waals surface area contributed by atoms with Crippen LogP contribution in [0.15, 0.2) is 67.3 Å². The summed E-state index contributed by atoms with van der Waals surface area (Å²) in [6.07, 6.45) is 7.17. The molecule has 0 aliphatic heterocycles. The number of hydrogen-bond donors (Lipinski definition) is 1. The second kappa shape index (κ2) is 6.45. The molecule has 3 rings (SSSR count). The van der Waals surface area contributed by atoms with Crippen molar-refractivity contribution in [2.45, 2.75) is 6.54 Å². The van der Waals surface area contributed by atoms with E-state index in [9.17, 15) is 4.79 Å². The van der Waals surface area contributed by atoms with Crippen LogP contribution in [0.25, 0.3) is 5.69 Å². The zero-order valence-corrected chi connectivity index (χ0v) is 12.5. The molecular formula is C17H14ClN3O. The van der Waals surface area contributed by atoms with E-state index in [4.69, 9.17) is 11.6 Å². The number of aromatic nitrogens is 2. The number of pyridine rings is 1. The molecule has 4 nitrogen and oxygen atoms in total. The standard InChI is InChI=1S/C17H14ClN3O/c18-14-3-4-15(16(11-14)21-9-1-2-10-21)17(22)20-12-13-5-7-19-8-6-13/h1-11H,12H2,(H,20,22). The van der Waals surface area contributed by atoms with Gasteiger partial charge in [0.1, 0.15) is 0 Å². The molecule has 110 valence electrons. The van der Waals surface area contributed by atoms with Crippen LogP contribution in [-0.2, 0) is 6.54 Å². The highest BCUT2D eigenvalue weighted by atomic mass is 35.5. The van der Waals surface area contributed by atoms with Gasteiger partial charge < -0.3 is 9.88 Å². The number of carbonyl (C=O) groups excluding carboxylic acids is 1. The molecule has 1 amide bonds. The number of nitrogens with zero attached hydrogens (tertiary/aromatic N) is 2. The van der Waals surface area contributed by atoms with Crippen molar-refractivity contribution in [2.24, 2.45) is 0 Å². The summed E-state index contributed by atoms with van der Waals surface area (Å²) in [5, 5.41) is 3.51. The number of carbonyl (C=O) groups is 1. The molecule has 5 heteroatoms. The average Bonchev–Trinajstić information content (AvgIpc) is 3.08. The fourth-order valence-electron chi connectivity index (χ4n) is 2.18. The highest BCUT2D eigenvalue weighted by Gasteiger charge is 2.12. The third-order valence-electron chi connectivity index (χ3n) is 3.29. The summed E-state index contributed by atoms with van der Waals surface area (Å²) in [7, 11) is 0. The summed E-state index contributed by atoms with van der Waals surface area (Å²) in [6, 6.07) is 12.8. The summed E-state index contributed by atoms with van der Waals surface area (Å²) < 4.78 is 1.87. The Kier molecular flexibility index (Phi) is 4.21. The van der Waals surface area contributed by atoms with E-state index in [1.54, 1.807) is 30.6 Å². The molecule has 0 saturated carbocycles. The Labute approximate surface area is 133 Å². The first-order valence-corrected chi connectivity index (χ1v) is 7.22. The Hall–Kier alpha value is -2.59. The Morgan fingerprint density at radius 1 is 1.14 bits per heavy atom. The van der Waals surface area contributed by atoms with Gasteiger partial charge in [-0.15, -0.1) is 0 Å². The molecule has 0 fully saturated rings. The normalized spacial score (nSPS) is 10.4. The second-order valence-corrected chi connectivity index (χ2v) is 5.23. The van der Waals surface area contributed by atoms with E-state index in [0.29, 0.717) is 17.1 Å². The molecule has 1 N–H and O–H groups in total. The molecule has 0 bridgehead atoms. The van der Waals surface area contributed by atoms with Crippen LogP contribution in [0.2, 0.25) is 5.02 Å². The van der Waals surface area contributed by atoms with Crippen LogP contribution in [0.4, 0.5) is 0 Å². The summed E-state index contributed by atoms with van der Waals surface area (Å²) in [5.74, 6) is -0.142. The first kappa shape index (κ1) is 14.4. The van der Waals surface area contributed by atoms with E-state index in [1.165, 1.54) is 0 Å². The molecule has 1 aromatic carbocycles. The zero-order valence-electron chi connectivity index (χ0n) is 11.7. The predicted molar refractivity (Wildman–Crippen MR) is 86.2 cm³/mol. The number of halogens is 1. The topological polar surface area (TPSA) is 46.9 Å². The van der Waals surface area contributed by atoms with Crippen LogP contribution in [-0.4, -0.2) is 15.5 Å². The third-order valence-corrected chi connectivity index (χ3v) is 3.52. The Morgan fingerprint density at radius 2 is 1.86 bits per heavy atom. The monoisotopic (exact) mass is 311 g/mol. The molecule has 0 unspecified atom stereocenters. The maximum atomic E-state index is 12.5. The highest BCUT2D eigenvalue weighted by molar-refractivity contribution is 6.31. The second-order valence-electron chi connectivity index (χ2n) is 4.79. The summed E-state index contributed by atoms with van der Waals surface area (Å²) in [4.78, 5) is 16.4. The first-order chi connectivity index (χ1) is 10.7. The lowest BCUT2D eigenvalue weighted by atomic mass is 10.1. The molecule has 0 saturated heterocycles.